The maximum absolute atomic E-state index is 12.4. The number of carbonyl (C=O) groups is 1. The molecule has 0 bridgehead atoms. The van der Waals surface area contributed by atoms with Gasteiger partial charge in [0.05, 0.1) is 5.69 Å². The molecule has 27 heavy (non-hydrogen) atoms. The van der Waals surface area contributed by atoms with Gasteiger partial charge in [-0.05, 0) is 35.4 Å². The van der Waals surface area contributed by atoms with Crippen LogP contribution in [0.25, 0.3) is 11.1 Å². The molecule has 2 heterocycles. The number of amides is 1. The van der Waals surface area contributed by atoms with E-state index < -0.39 is 0 Å². The smallest absolute Gasteiger partial charge is 0.225 e. The van der Waals surface area contributed by atoms with E-state index in [1.54, 1.807) is 17.4 Å². The van der Waals surface area contributed by atoms with E-state index in [1.807, 2.05) is 48.5 Å². The van der Waals surface area contributed by atoms with Crippen molar-refractivity contribution >= 4 is 34.5 Å². The Kier molecular flexibility index (Phi) is 5.01. The SMILES string of the molecule is C=CCOc1ccc(C2CC(=O)Nc3c(-c4ccc(Cl)cc4)csc32)cc1. The summed E-state index contributed by atoms with van der Waals surface area (Å²) in [6.07, 6.45) is 2.16. The van der Waals surface area contributed by atoms with Crippen molar-refractivity contribution in [2.45, 2.75) is 12.3 Å². The maximum atomic E-state index is 12.4. The molecule has 1 aromatic heterocycles. The van der Waals surface area contributed by atoms with Crippen molar-refractivity contribution in [1.82, 2.24) is 0 Å². The van der Waals surface area contributed by atoms with Crippen LogP contribution in [-0.4, -0.2) is 12.5 Å². The van der Waals surface area contributed by atoms with E-state index >= 15 is 0 Å². The van der Waals surface area contributed by atoms with Crippen LogP contribution in [0.2, 0.25) is 5.02 Å². The van der Waals surface area contributed by atoms with E-state index in [0.717, 1.165) is 28.1 Å². The van der Waals surface area contributed by atoms with E-state index in [1.165, 1.54) is 4.88 Å². The van der Waals surface area contributed by atoms with Crippen LogP contribution in [0, 0.1) is 0 Å². The zero-order valence-corrected chi connectivity index (χ0v) is 16.1. The molecule has 2 aromatic carbocycles. The normalized spacial score (nSPS) is 15.7. The van der Waals surface area contributed by atoms with Gasteiger partial charge in [0, 0.05) is 33.2 Å². The van der Waals surface area contributed by atoms with Crippen LogP contribution in [0.1, 0.15) is 22.8 Å². The first-order valence-corrected chi connectivity index (χ1v) is 9.92. The molecular formula is C22H18ClNO2S. The van der Waals surface area contributed by atoms with Crippen LogP contribution in [0.4, 0.5) is 5.69 Å². The van der Waals surface area contributed by atoms with E-state index in [-0.39, 0.29) is 11.8 Å². The lowest BCUT2D eigenvalue weighted by atomic mass is 9.89. The summed E-state index contributed by atoms with van der Waals surface area (Å²) in [4.78, 5) is 13.6. The second-order valence-corrected chi connectivity index (χ2v) is 7.72. The number of hydrogen-bond donors (Lipinski definition) is 1. The lowest BCUT2D eigenvalue weighted by Crippen LogP contribution is -2.22. The first-order valence-electron chi connectivity index (χ1n) is 8.66. The van der Waals surface area contributed by atoms with Crippen LogP contribution >= 0.6 is 22.9 Å². The molecule has 1 unspecified atom stereocenters. The number of carbonyl (C=O) groups excluding carboxylic acids is 1. The molecule has 1 atom stereocenters. The third-order valence-corrected chi connectivity index (χ3v) is 5.94. The summed E-state index contributed by atoms with van der Waals surface area (Å²) in [5.41, 5.74) is 4.11. The number of ether oxygens (including phenoxy) is 1. The van der Waals surface area contributed by atoms with Gasteiger partial charge in [0.15, 0.2) is 0 Å². The van der Waals surface area contributed by atoms with Crippen molar-refractivity contribution in [2.75, 3.05) is 11.9 Å². The van der Waals surface area contributed by atoms with Crippen molar-refractivity contribution in [2.24, 2.45) is 0 Å². The monoisotopic (exact) mass is 395 g/mol. The van der Waals surface area contributed by atoms with Crippen molar-refractivity contribution in [3.63, 3.8) is 0 Å². The lowest BCUT2D eigenvalue weighted by molar-refractivity contribution is -0.116. The highest BCUT2D eigenvalue weighted by atomic mass is 35.5. The van der Waals surface area contributed by atoms with Gasteiger partial charge in [-0.15, -0.1) is 11.3 Å². The Morgan fingerprint density at radius 1 is 1.19 bits per heavy atom. The topological polar surface area (TPSA) is 38.3 Å². The van der Waals surface area contributed by atoms with E-state index in [2.05, 4.69) is 17.3 Å². The minimum atomic E-state index is 0.0353. The molecule has 0 aliphatic carbocycles. The molecule has 1 aliphatic heterocycles. The molecular weight excluding hydrogens is 378 g/mol. The molecule has 136 valence electrons. The number of nitrogens with one attached hydrogen (secondary N) is 1. The van der Waals surface area contributed by atoms with E-state index in [9.17, 15) is 4.79 Å². The molecule has 0 saturated carbocycles. The fourth-order valence-electron chi connectivity index (χ4n) is 3.29. The highest BCUT2D eigenvalue weighted by Crippen LogP contribution is 2.46. The summed E-state index contributed by atoms with van der Waals surface area (Å²) in [6, 6.07) is 15.6. The quantitative estimate of drug-likeness (QED) is 0.529. The molecule has 1 aliphatic rings. The number of anilines is 1. The fraction of sp³-hybridized carbons (Fsp3) is 0.136. The van der Waals surface area contributed by atoms with Crippen LogP contribution < -0.4 is 10.1 Å². The number of halogens is 1. The van der Waals surface area contributed by atoms with Gasteiger partial charge in [0.1, 0.15) is 12.4 Å². The predicted octanol–water partition coefficient (Wildman–Crippen LogP) is 6.11. The first kappa shape index (κ1) is 17.8. The molecule has 0 radical (unpaired) electrons. The van der Waals surface area contributed by atoms with Crippen LogP contribution in [-0.2, 0) is 4.79 Å². The van der Waals surface area contributed by atoms with Gasteiger partial charge in [0.25, 0.3) is 0 Å². The standard InChI is InChI=1S/C22H18ClNO2S/c1-2-11-26-17-9-5-14(6-10-17)18-12-20(25)24-21-19(13-27-22(18)21)15-3-7-16(23)8-4-15/h2-10,13,18H,1,11-12H2,(H,24,25). The second-order valence-electron chi connectivity index (χ2n) is 6.37. The summed E-state index contributed by atoms with van der Waals surface area (Å²) in [5, 5.41) is 5.87. The lowest BCUT2D eigenvalue weighted by Gasteiger charge is -2.24. The maximum Gasteiger partial charge on any atom is 0.225 e. The average Bonchev–Trinajstić information content (AvgIpc) is 3.10. The van der Waals surface area contributed by atoms with Crippen molar-refractivity contribution < 1.29 is 9.53 Å². The Labute approximate surface area is 167 Å². The number of hydrogen-bond acceptors (Lipinski definition) is 3. The predicted molar refractivity (Wildman–Crippen MR) is 112 cm³/mol. The largest absolute Gasteiger partial charge is 0.490 e. The second kappa shape index (κ2) is 7.59. The van der Waals surface area contributed by atoms with E-state index in [0.29, 0.717) is 18.1 Å². The third kappa shape index (κ3) is 3.64. The van der Waals surface area contributed by atoms with Gasteiger partial charge in [-0.3, -0.25) is 4.79 Å². The Morgan fingerprint density at radius 3 is 2.63 bits per heavy atom. The van der Waals surface area contributed by atoms with Crippen molar-refractivity contribution in [1.29, 1.82) is 0 Å². The number of thiophene rings is 1. The Bertz CT molecular complexity index is 977. The summed E-state index contributed by atoms with van der Waals surface area (Å²) in [5.74, 6) is 0.883. The van der Waals surface area contributed by atoms with Crippen LogP contribution in [0.15, 0.2) is 66.6 Å². The molecule has 1 amide bonds. The zero-order chi connectivity index (χ0) is 18.8. The Morgan fingerprint density at radius 2 is 1.93 bits per heavy atom. The summed E-state index contributed by atoms with van der Waals surface area (Å²) >= 11 is 7.69. The van der Waals surface area contributed by atoms with Gasteiger partial charge in [-0.25, -0.2) is 0 Å². The minimum Gasteiger partial charge on any atom is -0.490 e. The van der Waals surface area contributed by atoms with Gasteiger partial charge in [-0.2, -0.15) is 0 Å². The van der Waals surface area contributed by atoms with Gasteiger partial charge in [-0.1, -0.05) is 48.5 Å². The Hall–Kier alpha value is -2.56. The highest BCUT2D eigenvalue weighted by molar-refractivity contribution is 7.11. The third-order valence-electron chi connectivity index (χ3n) is 4.60. The summed E-state index contributed by atoms with van der Waals surface area (Å²) in [6.45, 7) is 4.13. The Balaban J connectivity index is 1.68. The molecule has 0 saturated heterocycles. The minimum absolute atomic E-state index is 0.0353. The van der Waals surface area contributed by atoms with Crippen molar-refractivity contribution in [3.8, 4) is 16.9 Å². The molecule has 0 spiro atoms. The van der Waals surface area contributed by atoms with Crippen LogP contribution in [0.5, 0.6) is 5.75 Å². The van der Waals surface area contributed by atoms with Crippen LogP contribution in [0.3, 0.4) is 0 Å². The molecule has 3 nitrogen and oxygen atoms in total. The molecule has 1 N–H and O–H groups in total. The number of rotatable bonds is 5. The summed E-state index contributed by atoms with van der Waals surface area (Å²) in [7, 11) is 0. The van der Waals surface area contributed by atoms with Gasteiger partial charge >= 0.3 is 0 Å². The van der Waals surface area contributed by atoms with Crippen molar-refractivity contribution in [3.05, 3.63) is 82.0 Å². The summed E-state index contributed by atoms with van der Waals surface area (Å²) < 4.78 is 5.55. The molecule has 3 aromatic rings. The first-order chi connectivity index (χ1) is 13.2. The molecule has 4 rings (SSSR count). The molecule has 5 heteroatoms. The highest BCUT2D eigenvalue weighted by Gasteiger charge is 2.30. The van der Waals surface area contributed by atoms with Gasteiger partial charge in [0.2, 0.25) is 5.91 Å². The van der Waals surface area contributed by atoms with E-state index in [4.69, 9.17) is 16.3 Å². The number of benzene rings is 2. The molecule has 0 fully saturated rings. The number of fused-ring (bicyclic) bond motifs is 1. The zero-order valence-electron chi connectivity index (χ0n) is 14.6. The average molecular weight is 396 g/mol. The van der Waals surface area contributed by atoms with Gasteiger partial charge < -0.3 is 10.1 Å². The fourth-order valence-corrected chi connectivity index (χ4v) is 4.58.